The van der Waals surface area contributed by atoms with Gasteiger partial charge in [-0.15, -0.1) is 0 Å². The van der Waals surface area contributed by atoms with Crippen molar-refractivity contribution in [2.24, 2.45) is 0 Å². The predicted molar refractivity (Wildman–Crippen MR) is 130 cm³/mol. The van der Waals surface area contributed by atoms with E-state index in [-0.39, 0.29) is 22.7 Å². The summed E-state index contributed by atoms with van der Waals surface area (Å²) in [5, 5.41) is 23.8. The van der Waals surface area contributed by atoms with Crippen molar-refractivity contribution < 1.29 is 42.5 Å². The minimum absolute atomic E-state index is 0.0648. The van der Waals surface area contributed by atoms with Gasteiger partial charge in [0.2, 0.25) is 0 Å². The summed E-state index contributed by atoms with van der Waals surface area (Å²) in [6.07, 6.45) is -5.84. The van der Waals surface area contributed by atoms with Gasteiger partial charge in [0, 0.05) is 0 Å². The summed E-state index contributed by atoms with van der Waals surface area (Å²) < 4.78 is 50.6. The molecule has 1 aliphatic rings. The second-order valence-electron chi connectivity index (χ2n) is 8.78. The summed E-state index contributed by atoms with van der Waals surface area (Å²) >= 11 is 0. The smallest absolute Gasteiger partial charge is 0.459 e. The Hall–Kier alpha value is -3.20. The van der Waals surface area contributed by atoms with Gasteiger partial charge in [-0.05, 0) is 32.9 Å². The van der Waals surface area contributed by atoms with Crippen molar-refractivity contribution in [3.05, 3.63) is 42.7 Å². The van der Waals surface area contributed by atoms with Crippen LogP contribution in [-0.4, -0.2) is 72.8 Å². The van der Waals surface area contributed by atoms with Crippen LogP contribution in [-0.2, 0) is 23.4 Å². The third-order valence-corrected chi connectivity index (χ3v) is 7.11. The normalized spacial score (nSPS) is 23.9. The van der Waals surface area contributed by atoms with Gasteiger partial charge in [-0.1, -0.05) is 18.2 Å². The number of carbonyl (C=O) groups is 1. The zero-order valence-electron chi connectivity index (χ0n) is 20.7. The molecule has 38 heavy (non-hydrogen) atoms. The number of nitrogen functional groups attached to an aromatic ring is 1. The van der Waals surface area contributed by atoms with Crippen LogP contribution in [0.25, 0.3) is 11.2 Å². The van der Waals surface area contributed by atoms with Gasteiger partial charge in [0.25, 0.3) is 0 Å². The molecule has 5 N–H and O–H groups in total. The largest absolute Gasteiger partial charge is 0.462 e. The van der Waals surface area contributed by atoms with Crippen molar-refractivity contribution in [2.75, 3.05) is 12.3 Å². The Kier molecular flexibility index (Phi) is 8.25. The van der Waals surface area contributed by atoms with Crippen LogP contribution in [0.3, 0.4) is 0 Å². The summed E-state index contributed by atoms with van der Waals surface area (Å²) in [6, 6.07) is 7.00. The van der Waals surface area contributed by atoms with Gasteiger partial charge in [-0.3, -0.25) is 13.9 Å². The number of benzene rings is 1. The van der Waals surface area contributed by atoms with Crippen molar-refractivity contribution in [1.29, 1.82) is 0 Å². The number of hydrogen-bond donors (Lipinski definition) is 4. The van der Waals surface area contributed by atoms with Gasteiger partial charge >= 0.3 is 19.8 Å². The molecule has 16 heteroatoms. The lowest BCUT2D eigenvalue weighted by Crippen LogP contribution is -2.38. The van der Waals surface area contributed by atoms with Crippen molar-refractivity contribution in [3.8, 4) is 5.75 Å². The zero-order chi connectivity index (χ0) is 27.6. The average molecular weight is 554 g/mol. The van der Waals surface area contributed by atoms with Crippen LogP contribution in [0, 0.1) is 6.08 Å². The molecule has 0 bridgehead atoms. The molecule has 0 aliphatic carbocycles. The molecule has 0 saturated carbocycles. The van der Waals surface area contributed by atoms with Crippen molar-refractivity contribution in [1.82, 2.24) is 24.6 Å². The molecular formula is C22H28FN6O8P. The van der Waals surface area contributed by atoms with Gasteiger partial charge in [-0.25, -0.2) is 9.55 Å². The molecule has 3 heterocycles. The summed E-state index contributed by atoms with van der Waals surface area (Å²) in [4.78, 5) is 23.4. The number of rotatable bonds is 10. The molecule has 0 radical (unpaired) electrons. The number of esters is 1. The number of fused-ring (bicyclic) bond motifs is 1. The Bertz CT molecular complexity index is 1330. The molecule has 6 atom stereocenters. The summed E-state index contributed by atoms with van der Waals surface area (Å²) in [5.41, 5.74) is 5.69. The molecule has 206 valence electrons. The fourth-order valence-electron chi connectivity index (χ4n) is 3.70. The van der Waals surface area contributed by atoms with Gasteiger partial charge in [0.05, 0.1) is 19.0 Å². The van der Waals surface area contributed by atoms with E-state index in [9.17, 15) is 24.0 Å². The van der Waals surface area contributed by atoms with E-state index >= 15 is 0 Å². The molecule has 1 unspecified atom stereocenters. The number of anilines is 1. The molecule has 1 fully saturated rings. The highest BCUT2D eigenvalue weighted by Crippen LogP contribution is 2.46. The van der Waals surface area contributed by atoms with Crippen LogP contribution in [0.1, 0.15) is 27.0 Å². The van der Waals surface area contributed by atoms with E-state index in [1.807, 2.05) is 0 Å². The molecule has 14 nitrogen and oxygen atoms in total. The Labute approximate surface area is 216 Å². The maximum atomic E-state index is 13.8. The molecule has 1 saturated heterocycles. The fourth-order valence-corrected chi connectivity index (χ4v) is 5.20. The first kappa shape index (κ1) is 27.8. The Morgan fingerprint density at radius 2 is 1.95 bits per heavy atom. The number of hydrogen-bond acceptors (Lipinski definition) is 12. The van der Waals surface area contributed by atoms with Crippen LogP contribution in [0.2, 0.25) is 0 Å². The molecule has 1 aliphatic heterocycles. The van der Waals surface area contributed by atoms with Gasteiger partial charge < -0.3 is 29.9 Å². The highest BCUT2D eigenvalue weighted by molar-refractivity contribution is 7.52. The number of para-hydroxylation sites is 1. The van der Waals surface area contributed by atoms with E-state index in [1.165, 1.54) is 30.0 Å². The van der Waals surface area contributed by atoms with E-state index in [0.29, 0.717) is 0 Å². The van der Waals surface area contributed by atoms with Crippen molar-refractivity contribution in [3.63, 3.8) is 0 Å². The second-order valence-corrected chi connectivity index (χ2v) is 10.5. The number of nitrogens with two attached hydrogens (primary N) is 1. The molecule has 2 aromatic heterocycles. The summed E-state index contributed by atoms with van der Waals surface area (Å²) in [6.45, 7) is 4.22. The lowest BCUT2D eigenvalue weighted by molar-refractivity contribution is -0.149. The number of nitrogens with zero attached hydrogens (tertiary/aromatic N) is 4. The standard InChI is InChI=1S/C22H28FN6O8P/c1-11(2)35-21(32)12(3)28-38(33,37-13-7-5-4-6-8-13)34-9-14-16(30)17(31)20(36-14)29-10-25-15-18(24)26-22(23)27-19(15)29/h4-8,10-12,14,16-17,20,30-31H,9H2,1-3H3,(H,28,33)(H2,24,26,27)/t12-,14-,16-,17-,20-,38?/m1/s1. The number of nitrogens with one attached hydrogen (secondary N) is 1. The quantitative estimate of drug-likeness (QED) is 0.159. The SMILES string of the molecule is CC(C)OC(=O)[C@@H](C)NP(=O)(OC[C@H]1O[C@@H](n2cnc3c(N)nc(F)nc32)[C@H](O)[C@@H]1O)Oc1ccccc1. The number of aliphatic hydroxyl groups excluding tert-OH is 2. The molecule has 3 aromatic rings. The lowest BCUT2D eigenvalue weighted by Gasteiger charge is -2.25. The highest BCUT2D eigenvalue weighted by atomic mass is 31.2. The topological polar surface area (TPSA) is 193 Å². The maximum Gasteiger partial charge on any atom is 0.459 e. The first-order chi connectivity index (χ1) is 18.0. The Balaban J connectivity index is 1.51. The van der Waals surface area contributed by atoms with Gasteiger partial charge in [-0.2, -0.15) is 19.4 Å². The third-order valence-electron chi connectivity index (χ3n) is 5.47. The zero-order valence-corrected chi connectivity index (χ0v) is 21.6. The van der Waals surface area contributed by atoms with Crippen molar-refractivity contribution in [2.45, 2.75) is 57.5 Å². The van der Waals surface area contributed by atoms with Crippen LogP contribution in [0.15, 0.2) is 36.7 Å². The summed E-state index contributed by atoms with van der Waals surface area (Å²) in [5.74, 6) is -0.717. The second kappa shape index (κ2) is 11.3. The number of imidazole rings is 1. The molecular weight excluding hydrogens is 526 g/mol. The van der Waals surface area contributed by atoms with Crippen LogP contribution >= 0.6 is 7.75 Å². The van der Waals surface area contributed by atoms with Crippen LogP contribution < -0.4 is 15.3 Å². The predicted octanol–water partition coefficient (Wildman–Crippen LogP) is 1.30. The van der Waals surface area contributed by atoms with E-state index in [1.54, 1.807) is 32.0 Å². The lowest BCUT2D eigenvalue weighted by atomic mass is 10.1. The van der Waals surface area contributed by atoms with Crippen molar-refractivity contribution >= 4 is 30.7 Å². The van der Waals surface area contributed by atoms with E-state index < -0.39 is 63.1 Å². The minimum Gasteiger partial charge on any atom is -0.462 e. The summed E-state index contributed by atoms with van der Waals surface area (Å²) in [7, 11) is -4.25. The minimum atomic E-state index is -4.25. The van der Waals surface area contributed by atoms with Crippen LogP contribution in [0.4, 0.5) is 10.2 Å². The molecule has 4 rings (SSSR count). The number of aliphatic hydroxyl groups is 2. The Morgan fingerprint density at radius 1 is 1.24 bits per heavy atom. The van der Waals surface area contributed by atoms with Gasteiger partial charge in [0.1, 0.15) is 30.1 Å². The highest BCUT2D eigenvalue weighted by Gasteiger charge is 2.46. The number of ether oxygens (including phenoxy) is 2. The van der Waals surface area contributed by atoms with E-state index in [0.717, 1.165) is 0 Å². The molecule has 1 aromatic carbocycles. The Morgan fingerprint density at radius 3 is 2.63 bits per heavy atom. The monoisotopic (exact) mass is 554 g/mol. The number of halogens is 1. The van der Waals surface area contributed by atoms with E-state index in [4.69, 9.17) is 24.3 Å². The average Bonchev–Trinajstić information content (AvgIpc) is 3.39. The number of aromatic nitrogens is 4. The first-order valence-corrected chi connectivity index (χ1v) is 13.2. The third kappa shape index (κ3) is 6.09. The first-order valence-electron chi connectivity index (χ1n) is 11.6. The number of carbonyl (C=O) groups excluding carboxylic acids is 1. The fraction of sp³-hybridized carbons (Fsp3) is 0.455. The van der Waals surface area contributed by atoms with Gasteiger partial charge in [0.15, 0.2) is 23.2 Å². The molecule has 0 amide bonds. The molecule has 0 spiro atoms. The van der Waals surface area contributed by atoms with E-state index in [2.05, 4.69) is 20.0 Å². The van der Waals surface area contributed by atoms with Crippen LogP contribution in [0.5, 0.6) is 5.75 Å². The maximum absolute atomic E-state index is 13.8.